The average molecular weight is 256 g/mol. The molecule has 94 valence electrons. The predicted molar refractivity (Wildman–Crippen MR) is 70.4 cm³/mol. The van der Waals surface area contributed by atoms with E-state index in [-0.39, 0.29) is 5.91 Å². The van der Waals surface area contributed by atoms with Gasteiger partial charge in [0.05, 0.1) is 12.8 Å². The van der Waals surface area contributed by atoms with Crippen LogP contribution in [-0.4, -0.2) is 18.4 Å². The zero-order chi connectivity index (χ0) is 13.0. The number of carbonyl (C=O) groups is 1. The van der Waals surface area contributed by atoms with E-state index in [4.69, 9.17) is 16.4 Å². The van der Waals surface area contributed by atoms with Gasteiger partial charge in [-0.3, -0.25) is 9.63 Å². The minimum absolute atomic E-state index is 0.252. The standard InChI is InChI=1S/C13H18ClNO2/c1-5-11-8-6-7-9(2)12(11)15(17-4)13(16)10(3)14/h6-8,10H,5H2,1-4H3. The second-order valence-electron chi connectivity index (χ2n) is 3.87. The Labute approximate surface area is 107 Å². The van der Waals surface area contributed by atoms with E-state index in [0.29, 0.717) is 0 Å². The Morgan fingerprint density at radius 2 is 2.18 bits per heavy atom. The molecule has 1 rings (SSSR count). The van der Waals surface area contributed by atoms with E-state index >= 15 is 0 Å². The van der Waals surface area contributed by atoms with Crippen LogP contribution in [0.1, 0.15) is 25.0 Å². The number of alkyl halides is 1. The Balaban J connectivity index is 3.24. The minimum atomic E-state index is -0.612. The summed E-state index contributed by atoms with van der Waals surface area (Å²) in [6.45, 7) is 5.63. The third kappa shape index (κ3) is 2.99. The molecule has 0 fully saturated rings. The van der Waals surface area contributed by atoms with Crippen LogP contribution >= 0.6 is 11.6 Å². The molecule has 0 spiro atoms. The number of hydrogen-bond donors (Lipinski definition) is 0. The SMILES string of the molecule is CCc1cccc(C)c1N(OC)C(=O)C(C)Cl. The van der Waals surface area contributed by atoms with Gasteiger partial charge in [-0.1, -0.05) is 25.1 Å². The lowest BCUT2D eigenvalue weighted by molar-refractivity contribution is -0.124. The van der Waals surface area contributed by atoms with Crippen LogP contribution in [0.2, 0.25) is 0 Å². The lowest BCUT2D eigenvalue weighted by Gasteiger charge is -2.25. The van der Waals surface area contributed by atoms with Gasteiger partial charge in [0, 0.05) is 0 Å². The normalized spacial score (nSPS) is 12.3. The molecule has 0 aliphatic heterocycles. The van der Waals surface area contributed by atoms with Crippen molar-refractivity contribution in [3.8, 4) is 0 Å². The molecule has 0 heterocycles. The Hall–Kier alpha value is -1.06. The lowest BCUT2D eigenvalue weighted by Crippen LogP contribution is -2.36. The number of hydrogen-bond acceptors (Lipinski definition) is 2. The van der Waals surface area contributed by atoms with Gasteiger partial charge in [-0.2, -0.15) is 5.06 Å². The van der Waals surface area contributed by atoms with Crippen molar-refractivity contribution >= 4 is 23.2 Å². The molecule has 0 saturated carbocycles. The number of nitrogens with zero attached hydrogens (tertiary/aromatic N) is 1. The first-order valence-corrected chi connectivity index (χ1v) is 6.07. The molecule has 0 radical (unpaired) electrons. The number of anilines is 1. The highest BCUT2D eigenvalue weighted by Crippen LogP contribution is 2.27. The Morgan fingerprint density at radius 1 is 1.53 bits per heavy atom. The van der Waals surface area contributed by atoms with Gasteiger partial charge < -0.3 is 0 Å². The second-order valence-corrected chi connectivity index (χ2v) is 4.52. The molecule has 17 heavy (non-hydrogen) atoms. The average Bonchev–Trinajstić information content (AvgIpc) is 2.31. The summed E-state index contributed by atoms with van der Waals surface area (Å²) >= 11 is 5.83. The molecule has 1 unspecified atom stereocenters. The Bertz CT molecular complexity index is 404. The molecular weight excluding hydrogens is 238 g/mol. The summed E-state index contributed by atoms with van der Waals surface area (Å²) in [5.74, 6) is -0.252. The fourth-order valence-electron chi connectivity index (χ4n) is 1.75. The van der Waals surface area contributed by atoms with E-state index in [0.717, 1.165) is 23.2 Å². The molecule has 0 bridgehead atoms. The van der Waals surface area contributed by atoms with Crippen LogP contribution < -0.4 is 5.06 Å². The molecule has 0 aliphatic rings. The molecule has 3 nitrogen and oxygen atoms in total. The van der Waals surface area contributed by atoms with Crippen molar-refractivity contribution in [1.29, 1.82) is 0 Å². The van der Waals surface area contributed by atoms with Crippen molar-refractivity contribution in [2.45, 2.75) is 32.6 Å². The first-order valence-electron chi connectivity index (χ1n) is 5.63. The fourth-order valence-corrected chi connectivity index (χ4v) is 1.84. The van der Waals surface area contributed by atoms with Gasteiger partial charge in [0.15, 0.2) is 0 Å². The van der Waals surface area contributed by atoms with Crippen LogP contribution in [0.5, 0.6) is 0 Å². The summed E-state index contributed by atoms with van der Waals surface area (Å²) in [6.07, 6.45) is 0.834. The molecule has 0 saturated heterocycles. The molecule has 0 aliphatic carbocycles. The van der Waals surface area contributed by atoms with Crippen LogP contribution in [0.15, 0.2) is 18.2 Å². The van der Waals surface area contributed by atoms with Crippen LogP contribution in [-0.2, 0) is 16.1 Å². The summed E-state index contributed by atoms with van der Waals surface area (Å²) in [5, 5.41) is 0.672. The van der Waals surface area contributed by atoms with Gasteiger partial charge in [-0.15, -0.1) is 11.6 Å². The van der Waals surface area contributed by atoms with Crippen molar-refractivity contribution in [1.82, 2.24) is 0 Å². The topological polar surface area (TPSA) is 29.5 Å². The molecule has 1 aromatic rings. The van der Waals surface area contributed by atoms with Crippen LogP contribution in [0.3, 0.4) is 0 Å². The number of rotatable bonds is 4. The van der Waals surface area contributed by atoms with E-state index in [2.05, 4.69) is 0 Å². The molecule has 0 N–H and O–H groups in total. The number of amides is 1. The van der Waals surface area contributed by atoms with Crippen molar-refractivity contribution in [3.05, 3.63) is 29.3 Å². The molecule has 1 amide bonds. The number of halogens is 1. The van der Waals surface area contributed by atoms with Crippen molar-refractivity contribution in [2.24, 2.45) is 0 Å². The predicted octanol–water partition coefficient (Wildman–Crippen LogP) is 3.08. The Morgan fingerprint density at radius 3 is 2.65 bits per heavy atom. The molecule has 4 heteroatoms. The van der Waals surface area contributed by atoms with E-state index < -0.39 is 5.38 Å². The maximum atomic E-state index is 12.0. The number of benzene rings is 1. The number of aryl methyl sites for hydroxylation is 2. The largest absolute Gasteiger partial charge is 0.270 e. The van der Waals surface area contributed by atoms with Crippen LogP contribution in [0.4, 0.5) is 5.69 Å². The van der Waals surface area contributed by atoms with Gasteiger partial charge in [-0.05, 0) is 31.4 Å². The Kier molecular flexibility index (Phi) is 4.97. The van der Waals surface area contributed by atoms with E-state index in [1.807, 2.05) is 32.0 Å². The molecule has 1 aromatic carbocycles. The van der Waals surface area contributed by atoms with Gasteiger partial charge in [0.2, 0.25) is 0 Å². The summed E-state index contributed by atoms with van der Waals surface area (Å²) in [4.78, 5) is 17.1. The van der Waals surface area contributed by atoms with Gasteiger partial charge in [-0.25, -0.2) is 0 Å². The highest BCUT2D eigenvalue weighted by atomic mass is 35.5. The highest BCUT2D eigenvalue weighted by molar-refractivity contribution is 6.32. The summed E-state index contributed by atoms with van der Waals surface area (Å²) in [6, 6.07) is 5.91. The van der Waals surface area contributed by atoms with Gasteiger partial charge in [0.1, 0.15) is 5.38 Å². The van der Waals surface area contributed by atoms with Crippen molar-refractivity contribution < 1.29 is 9.63 Å². The van der Waals surface area contributed by atoms with Crippen molar-refractivity contribution in [3.63, 3.8) is 0 Å². The zero-order valence-electron chi connectivity index (χ0n) is 10.7. The molecule has 1 atom stereocenters. The fraction of sp³-hybridized carbons (Fsp3) is 0.462. The zero-order valence-corrected chi connectivity index (χ0v) is 11.4. The molecule has 0 aromatic heterocycles. The third-order valence-corrected chi connectivity index (χ3v) is 2.82. The minimum Gasteiger partial charge on any atom is -0.270 e. The van der Waals surface area contributed by atoms with E-state index in [9.17, 15) is 4.79 Å². The smallest absolute Gasteiger partial charge is 0.268 e. The quantitative estimate of drug-likeness (QED) is 0.611. The summed E-state index contributed by atoms with van der Waals surface area (Å²) in [7, 11) is 1.48. The van der Waals surface area contributed by atoms with E-state index in [1.54, 1.807) is 6.92 Å². The van der Waals surface area contributed by atoms with Crippen molar-refractivity contribution in [2.75, 3.05) is 12.2 Å². The van der Waals surface area contributed by atoms with Crippen LogP contribution in [0.25, 0.3) is 0 Å². The maximum absolute atomic E-state index is 12.0. The molecular formula is C13H18ClNO2. The van der Waals surface area contributed by atoms with Gasteiger partial charge in [0.25, 0.3) is 5.91 Å². The maximum Gasteiger partial charge on any atom is 0.268 e. The summed E-state index contributed by atoms with van der Waals surface area (Å²) < 4.78 is 0. The number of hydroxylamine groups is 1. The lowest BCUT2D eigenvalue weighted by atomic mass is 10.1. The highest BCUT2D eigenvalue weighted by Gasteiger charge is 2.23. The second kappa shape index (κ2) is 6.03. The summed E-state index contributed by atoms with van der Waals surface area (Å²) in [5.41, 5.74) is 2.87. The van der Waals surface area contributed by atoms with Gasteiger partial charge >= 0.3 is 0 Å². The number of carbonyl (C=O) groups excluding carboxylic acids is 1. The van der Waals surface area contributed by atoms with E-state index in [1.165, 1.54) is 12.2 Å². The first kappa shape index (κ1) is 14.0. The first-order chi connectivity index (χ1) is 8.02. The number of para-hydroxylation sites is 1. The monoisotopic (exact) mass is 255 g/mol. The third-order valence-electron chi connectivity index (χ3n) is 2.63. The van der Waals surface area contributed by atoms with Crippen LogP contribution in [0, 0.1) is 6.92 Å².